The lowest BCUT2D eigenvalue weighted by molar-refractivity contribution is -0.136. The molecule has 3 aromatic carbocycles. The summed E-state index contributed by atoms with van der Waals surface area (Å²) in [4.78, 5) is 25.4. The quantitative estimate of drug-likeness (QED) is 0.378. The molecule has 0 fully saturated rings. The Hall–Kier alpha value is -3.60. The van der Waals surface area contributed by atoms with E-state index in [4.69, 9.17) is 9.84 Å². The summed E-state index contributed by atoms with van der Waals surface area (Å²) in [6.45, 7) is 3.22. The summed E-state index contributed by atoms with van der Waals surface area (Å²) >= 11 is 0. The van der Waals surface area contributed by atoms with Crippen LogP contribution in [0.1, 0.15) is 47.7 Å². The fraction of sp³-hybridized carbons (Fsp3) is 0.286. The van der Waals surface area contributed by atoms with E-state index in [9.17, 15) is 9.59 Å². The van der Waals surface area contributed by atoms with Gasteiger partial charge in [0.25, 0.3) is 5.91 Å². The van der Waals surface area contributed by atoms with E-state index in [-0.39, 0.29) is 12.3 Å². The second kappa shape index (κ2) is 11.9. The molecule has 33 heavy (non-hydrogen) atoms. The molecule has 172 valence electrons. The minimum Gasteiger partial charge on any atom is -0.493 e. The Balaban J connectivity index is 1.82. The van der Waals surface area contributed by atoms with Crippen molar-refractivity contribution >= 4 is 11.9 Å². The van der Waals surface area contributed by atoms with E-state index in [2.05, 4.69) is 13.0 Å². The lowest BCUT2D eigenvalue weighted by Crippen LogP contribution is -2.26. The van der Waals surface area contributed by atoms with E-state index in [1.807, 2.05) is 66.7 Å². The number of amides is 1. The molecule has 0 bridgehead atoms. The van der Waals surface area contributed by atoms with Crippen LogP contribution in [0.5, 0.6) is 5.75 Å². The van der Waals surface area contributed by atoms with E-state index < -0.39 is 5.97 Å². The first-order valence-corrected chi connectivity index (χ1v) is 11.3. The van der Waals surface area contributed by atoms with Crippen LogP contribution >= 0.6 is 0 Å². The number of benzene rings is 3. The largest absolute Gasteiger partial charge is 0.493 e. The number of hydrogen-bond acceptors (Lipinski definition) is 3. The van der Waals surface area contributed by atoms with Crippen molar-refractivity contribution in [3.63, 3.8) is 0 Å². The van der Waals surface area contributed by atoms with Gasteiger partial charge in [0.1, 0.15) is 5.75 Å². The van der Waals surface area contributed by atoms with Crippen LogP contribution in [0.3, 0.4) is 0 Å². The maximum absolute atomic E-state index is 12.7. The Morgan fingerprint density at radius 3 is 2.45 bits per heavy atom. The Bertz CT molecular complexity index is 1080. The van der Waals surface area contributed by atoms with Gasteiger partial charge in [0.05, 0.1) is 6.61 Å². The van der Waals surface area contributed by atoms with Crippen molar-refractivity contribution in [2.24, 2.45) is 0 Å². The third-order valence-electron chi connectivity index (χ3n) is 5.45. The van der Waals surface area contributed by atoms with Crippen LogP contribution in [0.15, 0.2) is 72.8 Å². The van der Waals surface area contributed by atoms with Crippen molar-refractivity contribution in [2.75, 3.05) is 13.7 Å². The third kappa shape index (κ3) is 6.94. The van der Waals surface area contributed by atoms with Gasteiger partial charge in [-0.2, -0.15) is 0 Å². The summed E-state index contributed by atoms with van der Waals surface area (Å²) in [5, 5.41) is 9.01. The van der Waals surface area contributed by atoms with Gasteiger partial charge in [0.2, 0.25) is 0 Å². The third-order valence-corrected chi connectivity index (χ3v) is 5.45. The average molecular weight is 446 g/mol. The second-order valence-electron chi connectivity index (χ2n) is 8.15. The highest BCUT2D eigenvalue weighted by Crippen LogP contribution is 2.32. The molecule has 0 heterocycles. The molecule has 5 heteroatoms. The van der Waals surface area contributed by atoms with Gasteiger partial charge in [-0.3, -0.25) is 9.59 Å². The van der Waals surface area contributed by atoms with Gasteiger partial charge >= 0.3 is 5.97 Å². The number of nitrogens with zero attached hydrogens (tertiary/aromatic N) is 1. The van der Waals surface area contributed by atoms with Gasteiger partial charge in [-0.1, -0.05) is 61.9 Å². The van der Waals surface area contributed by atoms with Gasteiger partial charge in [-0.15, -0.1) is 0 Å². The number of hydrogen-bond donors (Lipinski definition) is 1. The lowest BCUT2D eigenvalue weighted by atomic mass is 9.99. The fourth-order valence-corrected chi connectivity index (χ4v) is 3.64. The van der Waals surface area contributed by atoms with Crippen LogP contribution in [0.4, 0.5) is 0 Å². The molecule has 0 saturated heterocycles. The van der Waals surface area contributed by atoms with Gasteiger partial charge in [0, 0.05) is 31.1 Å². The molecule has 5 nitrogen and oxygen atoms in total. The topological polar surface area (TPSA) is 66.8 Å². The number of carbonyl (C=O) groups is 2. The maximum atomic E-state index is 12.7. The van der Waals surface area contributed by atoms with Crippen molar-refractivity contribution in [1.82, 2.24) is 4.90 Å². The molecule has 1 amide bonds. The predicted octanol–water partition coefficient (Wildman–Crippen LogP) is 5.82. The summed E-state index contributed by atoms with van der Waals surface area (Å²) in [7, 11) is 1.80. The predicted molar refractivity (Wildman–Crippen MR) is 130 cm³/mol. The first-order valence-electron chi connectivity index (χ1n) is 11.3. The molecular formula is C28H31NO4. The van der Waals surface area contributed by atoms with E-state index in [1.54, 1.807) is 11.9 Å². The van der Waals surface area contributed by atoms with Crippen LogP contribution < -0.4 is 4.74 Å². The Morgan fingerprint density at radius 1 is 0.939 bits per heavy atom. The van der Waals surface area contributed by atoms with Crippen molar-refractivity contribution in [3.8, 4) is 16.9 Å². The molecule has 0 aliphatic carbocycles. The highest BCUT2D eigenvalue weighted by atomic mass is 16.5. The van der Waals surface area contributed by atoms with Crippen molar-refractivity contribution < 1.29 is 19.4 Å². The van der Waals surface area contributed by atoms with Crippen LogP contribution in [0.2, 0.25) is 0 Å². The van der Waals surface area contributed by atoms with Crippen molar-refractivity contribution in [3.05, 3.63) is 89.5 Å². The van der Waals surface area contributed by atoms with Crippen LogP contribution in [0, 0.1) is 0 Å². The molecule has 0 radical (unpaired) electrons. The molecule has 0 aromatic heterocycles. The summed E-state index contributed by atoms with van der Waals surface area (Å²) in [5.74, 6) is -0.0704. The Morgan fingerprint density at radius 2 is 1.73 bits per heavy atom. The zero-order valence-electron chi connectivity index (χ0n) is 19.3. The number of carboxylic acid groups (broad SMARTS) is 1. The molecule has 3 aromatic rings. The van der Waals surface area contributed by atoms with Crippen molar-refractivity contribution in [1.29, 1.82) is 0 Å². The monoisotopic (exact) mass is 445 g/mol. The number of rotatable bonds is 11. The van der Waals surface area contributed by atoms with Gasteiger partial charge < -0.3 is 14.7 Å². The zero-order valence-corrected chi connectivity index (χ0v) is 19.3. The molecule has 0 saturated carbocycles. The maximum Gasteiger partial charge on any atom is 0.303 e. The van der Waals surface area contributed by atoms with Gasteiger partial charge in [-0.25, -0.2) is 0 Å². The fourth-order valence-electron chi connectivity index (χ4n) is 3.64. The zero-order chi connectivity index (χ0) is 23.6. The molecule has 0 unspecified atom stereocenters. The van der Waals surface area contributed by atoms with E-state index in [1.165, 1.54) is 0 Å². The number of carboxylic acids is 1. The molecule has 0 spiro atoms. The minimum absolute atomic E-state index is 0.0209. The Kier molecular flexibility index (Phi) is 8.64. The summed E-state index contributed by atoms with van der Waals surface area (Å²) in [5.41, 5.74) is 4.60. The normalized spacial score (nSPS) is 10.6. The van der Waals surface area contributed by atoms with Gasteiger partial charge in [-0.05, 0) is 53.8 Å². The van der Waals surface area contributed by atoms with Crippen LogP contribution in [0.25, 0.3) is 11.1 Å². The molecule has 0 atom stereocenters. The average Bonchev–Trinajstić information content (AvgIpc) is 2.83. The number of aryl methyl sites for hydroxylation is 1. The molecule has 1 N–H and O–H groups in total. The van der Waals surface area contributed by atoms with Crippen LogP contribution in [-0.2, 0) is 17.8 Å². The molecule has 0 aliphatic heterocycles. The van der Waals surface area contributed by atoms with E-state index in [0.717, 1.165) is 40.8 Å². The highest BCUT2D eigenvalue weighted by molar-refractivity contribution is 5.94. The highest BCUT2D eigenvalue weighted by Gasteiger charge is 2.13. The summed E-state index contributed by atoms with van der Waals surface area (Å²) < 4.78 is 6.08. The van der Waals surface area contributed by atoms with E-state index in [0.29, 0.717) is 25.1 Å². The van der Waals surface area contributed by atoms with Crippen molar-refractivity contribution in [2.45, 2.75) is 39.2 Å². The summed E-state index contributed by atoms with van der Waals surface area (Å²) in [6.07, 6.45) is 2.54. The molecule has 3 rings (SSSR count). The van der Waals surface area contributed by atoms with Gasteiger partial charge in [0.15, 0.2) is 0 Å². The summed E-state index contributed by atoms with van der Waals surface area (Å²) in [6, 6.07) is 23.3. The second-order valence-corrected chi connectivity index (χ2v) is 8.15. The molecular weight excluding hydrogens is 414 g/mol. The molecule has 0 aliphatic rings. The van der Waals surface area contributed by atoms with E-state index >= 15 is 0 Å². The number of ether oxygens (including phenoxy) is 1. The Labute approximate surface area is 195 Å². The number of aliphatic carboxylic acids is 1. The lowest BCUT2D eigenvalue weighted by Gasteiger charge is -2.18. The SMILES string of the molecule is CCCCOc1cc(CCC(=O)O)ccc1-c1cccc(CN(C)C(=O)c2ccccc2)c1. The first-order chi connectivity index (χ1) is 16.0. The minimum atomic E-state index is -0.811. The first kappa shape index (κ1) is 24.1. The smallest absolute Gasteiger partial charge is 0.303 e. The number of unbranched alkanes of at least 4 members (excludes halogenated alkanes) is 1. The number of carbonyl (C=O) groups excluding carboxylic acids is 1. The standard InChI is InChI=1S/C28H31NO4/c1-3-4-17-33-26-19-21(14-16-27(30)31)13-15-25(26)24-12-8-9-22(18-24)20-29(2)28(32)23-10-6-5-7-11-23/h5-13,15,18-19H,3-4,14,16-17,20H2,1-2H3,(H,30,31). The van der Waals surface area contributed by atoms with Crippen LogP contribution in [-0.4, -0.2) is 35.5 Å².